The zero-order valence-corrected chi connectivity index (χ0v) is 15.8. The molecule has 2 aliphatic rings. The van der Waals surface area contributed by atoms with E-state index in [9.17, 15) is 9.59 Å². The van der Waals surface area contributed by atoms with Crippen molar-refractivity contribution in [2.75, 3.05) is 51.3 Å². The van der Waals surface area contributed by atoms with Gasteiger partial charge in [-0.05, 0) is 30.7 Å². The Hall–Kier alpha value is -2.08. The van der Waals surface area contributed by atoms with Crippen molar-refractivity contribution in [3.8, 4) is 0 Å². The highest BCUT2D eigenvalue weighted by Crippen LogP contribution is 2.21. The van der Waals surface area contributed by atoms with Gasteiger partial charge in [0.2, 0.25) is 5.91 Å². The molecular weight excluding hydrogens is 330 g/mol. The third kappa shape index (κ3) is 4.01. The molecule has 0 unspecified atom stereocenters. The molecule has 1 aromatic rings. The number of carbonyl (C=O) groups is 2. The molecule has 1 atom stereocenters. The Morgan fingerprint density at radius 3 is 2.46 bits per heavy atom. The number of piperazine rings is 1. The van der Waals surface area contributed by atoms with Gasteiger partial charge in [0.05, 0.1) is 13.2 Å². The summed E-state index contributed by atoms with van der Waals surface area (Å²) < 4.78 is 5.39. The molecule has 6 nitrogen and oxygen atoms in total. The predicted molar refractivity (Wildman–Crippen MR) is 101 cm³/mol. The SMILES string of the molecule is CCCC[C@@H]1C(=O)N(C)CCN1C(=O)c1ccc(N2CCOCC2)cc1. The number of nitrogens with zero attached hydrogens (tertiary/aromatic N) is 3. The Kier molecular flexibility index (Phi) is 6.14. The molecule has 6 heteroatoms. The average Bonchev–Trinajstić information content (AvgIpc) is 2.69. The minimum absolute atomic E-state index is 0.0407. The molecular formula is C20H29N3O3. The molecule has 0 spiro atoms. The minimum Gasteiger partial charge on any atom is -0.378 e. The van der Waals surface area contributed by atoms with Crippen LogP contribution >= 0.6 is 0 Å². The van der Waals surface area contributed by atoms with Gasteiger partial charge < -0.3 is 19.4 Å². The summed E-state index contributed by atoms with van der Waals surface area (Å²) in [5, 5.41) is 0. The highest BCUT2D eigenvalue weighted by atomic mass is 16.5. The van der Waals surface area contributed by atoms with E-state index in [0.717, 1.165) is 51.3 Å². The second-order valence-corrected chi connectivity index (χ2v) is 7.06. The summed E-state index contributed by atoms with van der Waals surface area (Å²) in [6, 6.07) is 7.43. The number of hydrogen-bond donors (Lipinski definition) is 0. The number of anilines is 1. The van der Waals surface area contributed by atoms with Crippen molar-refractivity contribution in [2.24, 2.45) is 0 Å². The van der Waals surface area contributed by atoms with Gasteiger partial charge in [-0.3, -0.25) is 9.59 Å². The van der Waals surface area contributed by atoms with Gasteiger partial charge in [-0.25, -0.2) is 0 Å². The number of amides is 2. The van der Waals surface area contributed by atoms with Crippen LogP contribution < -0.4 is 4.90 Å². The Bertz CT molecular complexity index is 626. The summed E-state index contributed by atoms with van der Waals surface area (Å²) in [6.45, 7) is 6.53. The van der Waals surface area contributed by atoms with E-state index >= 15 is 0 Å². The lowest BCUT2D eigenvalue weighted by molar-refractivity contribution is -0.138. The third-order valence-corrected chi connectivity index (χ3v) is 5.30. The van der Waals surface area contributed by atoms with Crippen molar-refractivity contribution >= 4 is 17.5 Å². The first-order chi connectivity index (χ1) is 12.6. The Balaban J connectivity index is 1.72. The van der Waals surface area contributed by atoms with Crippen LogP contribution in [-0.4, -0.2) is 74.1 Å². The van der Waals surface area contributed by atoms with E-state index in [4.69, 9.17) is 4.74 Å². The second kappa shape index (κ2) is 8.54. The van der Waals surface area contributed by atoms with Gasteiger partial charge in [0.1, 0.15) is 6.04 Å². The molecule has 26 heavy (non-hydrogen) atoms. The fraction of sp³-hybridized carbons (Fsp3) is 0.600. The standard InChI is InChI=1S/C20H29N3O3/c1-3-4-5-18-20(25)21(2)10-11-23(18)19(24)16-6-8-17(9-7-16)22-12-14-26-15-13-22/h6-9,18H,3-5,10-15H2,1-2H3/t18-/m1/s1. The minimum atomic E-state index is -0.333. The van der Waals surface area contributed by atoms with Gasteiger partial charge in [0.25, 0.3) is 5.91 Å². The molecule has 2 aliphatic heterocycles. The van der Waals surface area contributed by atoms with E-state index in [2.05, 4.69) is 11.8 Å². The smallest absolute Gasteiger partial charge is 0.254 e. The maximum Gasteiger partial charge on any atom is 0.254 e. The molecule has 142 valence electrons. The highest BCUT2D eigenvalue weighted by molar-refractivity contribution is 5.98. The Morgan fingerprint density at radius 1 is 1.12 bits per heavy atom. The van der Waals surface area contributed by atoms with Gasteiger partial charge in [-0.1, -0.05) is 19.8 Å². The molecule has 0 radical (unpaired) electrons. The van der Waals surface area contributed by atoms with Crippen LogP contribution in [0.2, 0.25) is 0 Å². The van der Waals surface area contributed by atoms with Crippen molar-refractivity contribution in [2.45, 2.75) is 32.2 Å². The van der Waals surface area contributed by atoms with Crippen molar-refractivity contribution < 1.29 is 14.3 Å². The summed E-state index contributed by atoms with van der Waals surface area (Å²) in [4.78, 5) is 31.4. The fourth-order valence-electron chi connectivity index (χ4n) is 3.63. The second-order valence-electron chi connectivity index (χ2n) is 7.06. The van der Waals surface area contributed by atoms with Gasteiger partial charge >= 0.3 is 0 Å². The molecule has 0 aliphatic carbocycles. The van der Waals surface area contributed by atoms with E-state index in [0.29, 0.717) is 18.7 Å². The Labute approximate surface area is 155 Å². The van der Waals surface area contributed by atoms with E-state index in [1.54, 1.807) is 9.80 Å². The zero-order valence-electron chi connectivity index (χ0n) is 15.8. The highest BCUT2D eigenvalue weighted by Gasteiger charge is 2.35. The maximum absolute atomic E-state index is 13.0. The first-order valence-corrected chi connectivity index (χ1v) is 9.60. The lowest BCUT2D eigenvalue weighted by Gasteiger charge is -2.39. The Morgan fingerprint density at radius 2 is 1.81 bits per heavy atom. The molecule has 0 saturated carbocycles. The van der Waals surface area contributed by atoms with E-state index in [1.165, 1.54) is 0 Å². The maximum atomic E-state index is 13.0. The van der Waals surface area contributed by atoms with Crippen LogP contribution in [0, 0.1) is 0 Å². The summed E-state index contributed by atoms with van der Waals surface area (Å²) in [5.41, 5.74) is 1.77. The van der Waals surface area contributed by atoms with Crippen LogP contribution in [0.3, 0.4) is 0 Å². The number of unbranched alkanes of at least 4 members (excludes halogenated alkanes) is 1. The topological polar surface area (TPSA) is 53.1 Å². The quantitative estimate of drug-likeness (QED) is 0.807. The zero-order chi connectivity index (χ0) is 18.5. The first-order valence-electron chi connectivity index (χ1n) is 9.60. The molecule has 0 bridgehead atoms. The number of likely N-dealkylation sites (N-methyl/N-ethyl adjacent to an activating group) is 1. The monoisotopic (exact) mass is 359 g/mol. The molecule has 1 aromatic carbocycles. The third-order valence-electron chi connectivity index (χ3n) is 5.30. The van der Waals surface area contributed by atoms with Crippen LogP contribution in [0.1, 0.15) is 36.5 Å². The predicted octanol–water partition coefficient (Wildman–Crippen LogP) is 2.00. The van der Waals surface area contributed by atoms with Crippen molar-refractivity contribution in [3.05, 3.63) is 29.8 Å². The molecule has 0 aromatic heterocycles. The van der Waals surface area contributed by atoms with Crippen LogP contribution in [0.15, 0.2) is 24.3 Å². The fourth-order valence-corrected chi connectivity index (χ4v) is 3.63. The van der Waals surface area contributed by atoms with E-state index in [1.807, 2.05) is 31.3 Å². The van der Waals surface area contributed by atoms with Crippen LogP contribution in [0.5, 0.6) is 0 Å². The molecule has 2 amide bonds. The number of morpholine rings is 1. The average molecular weight is 359 g/mol. The molecule has 2 heterocycles. The van der Waals surface area contributed by atoms with Crippen molar-refractivity contribution in [3.63, 3.8) is 0 Å². The number of rotatable bonds is 5. The van der Waals surface area contributed by atoms with E-state index in [-0.39, 0.29) is 17.9 Å². The number of hydrogen-bond acceptors (Lipinski definition) is 4. The summed E-state index contributed by atoms with van der Waals surface area (Å²) in [7, 11) is 1.82. The normalized spacial score (nSPS) is 21.2. The molecule has 2 fully saturated rings. The van der Waals surface area contributed by atoms with Crippen LogP contribution in [0.4, 0.5) is 5.69 Å². The van der Waals surface area contributed by atoms with Gasteiger partial charge in [-0.15, -0.1) is 0 Å². The summed E-state index contributed by atoms with van der Waals surface area (Å²) in [5.74, 6) is 0.0177. The molecule has 2 saturated heterocycles. The van der Waals surface area contributed by atoms with Crippen molar-refractivity contribution in [1.29, 1.82) is 0 Å². The van der Waals surface area contributed by atoms with Gasteiger partial charge in [0.15, 0.2) is 0 Å². The summed E-state index contributed by atoms with van der Waals surface area (Å²) >= 11 is 0. The lowest BCUT2D eigenvalue weighted by atomic mass is 10.0. The van der Waals surface area contributed by atoms with Crippen molar-refractivity contribution in [1.82, 2.24) is 9.80 Å². The number of carbonyl (C=O) groups excluding carboxylic acids is 2. The number of ether oxygens (including phenoxy) is 1. The first kappa shape index (κ1) is 18.7. The van der Waals surface area contributed by atoms with Gasteiger partial charge in [-0.2, -0.15) is 0 Å². The molecule has 0 N–H and O–H groups in total. The van der Waals surface area contributed by atoms with E-state index < -0.39 is 0 Å². The lowest BCUT2D eigenvalue weighted by Crippen LogP contribution is -2.57. The molecule has 3 rings (SSSR count). The summed E-state index contributed by atoms with van der Waals surface area (Å²) in [6.07, 6.45) is 2.70. The number of benzene rings is 1. The van der Waals surface area contributed by atoms with Crippen LogP contribution in [-0.2, 0) is 9.53 Å². The van der Waals surface area contributed by atoms with Crippen LogP contribution in [0.25, 0.3) is 0 Å². The largest absolute Gasteiger partial charge is 0.378 e. The van der Waals surface area contributed by atoms with Gasteiger partial charge in [0, 0.05) is 44.5 Å².